The van der Waals surface area contributed by atoms with Crippen molar-refractivity contribution in [3.8, 4) is 11.8 Å². The van der Waals surface area contributed by atoms with Crippen molar-refractivity contribution in [3.05, 3.63) is 59.4 Å². The molecule has 102 valence electrons. The van der Waals surface area contributed by atoms with E-state index >= 15 is 0 Å². The maximum Gasteiger partial charge on any atom is 0.140 e. The Balaban J connectivity index is 1.97. The predicted molar refractivity (Wildman–Crippen MR) is 77.2 cm³/mol. The third-order valence-electron chi connectivity index (χ3n) is 3.17. The predicted octanol–water partition coefficient (Wildman–Crippen LogP) is 2.81. The van der Waals surface area contributed by atoms with Gasteiger partial charge in [0, 0.05) is 18.8 Å². The molecule has 0 radical (unpaired) electrons. The normalized spacial score (nSPS) is 11.7. The van der Waals surface area contributed by atoms with Crippen LogP contribution in [0.25, 0.3) is 0 Å². The minimum atomic E-state index is 0.222. The Morgan fingerprint density at radius 2 is 2.05 bits per heavy atom. The van der Waals surface area contributed by atoms with Gasteiger partial charge >= 0.3 is 0 Å². The van der Waals surface area contributed by atoms with Crippen LogP contribution >= 0.6 is 0 Å². The van der Waals surface area contributed by atoms with E-state index in [2.05, 4.69) is 17.2 Å². The molecular formula is C16H17N3O. The number of hydrogen-bond acceptors (Lipinski definition) is 4. The Labute approximate surface area is 119 Å². The van der Waals surface area contributed by atoms with Crippen LogP contribution in [-0.2, 0) is 6.54 Å². The average molecular weight is 267 g/mol. The molecule has 4 nitrogen and oxygen atoms in total. The Hall–Kier alpha value is -2.38. The zero-order chi connectivity index (χ0) is 14.4. The van der Waals surface area contributed by atoms with Crippen LogP contribution in [0.15, 0.2) is 42.6 Å². The highest BCUT2D eigenvalue weighted by Crippen LogP contribution is 2.17. The molecule has 0 unspecified atom stereocenters. The molecule has 2 aromatic rings. The van der Waals surface area contributed by atoms with Gasteiger partial charge in [-0.25, -0.2) is 4.98 Å². The highest BCUT2D eigenvalue weighted by Gasteiger charge is 2.05. The Bertz CT molecular complexity index is 602. The summed E-state index contributed by atoms with van der Waals surface area (Å²) in [6, 6.07) is 14.0. The van der Waals surface area contributed by atoms with Crippen molar-refractivity contribution >= 4 is 0 Å². The molecule has 1 heterocycles. The monoisotopic (exact) mass is 267 g/mol. The van der Waals surface area contributed by atoms with Crippen molar-refractivity contribution in [2.45, 2.75) is 19.5 Å². The van der Waals surface area contributed by atoms with Crippen molar-refractivity contribution in [2.24, 2.45) is 0 Å². The molecule has 0 spiro atoms. The van der Waals surface area contributed by atoms with Gasteiger partial charge in [-0.1, -0.05) is 12.1 Å². The largest absolute Gasteiger partial charge is 0.497 e. The number of nitrogens with one attached hydrogen (secondary N) is 1. The van der Waals surface area contributed by atoms with Crippen molar-refractivity contribution in [3.63, 3.8) is 0 Å². The Morgan fingerprint density at radius 3 is 2.70 bits per heavy atom. The fraction of sp³-hybridized carbons (Fsp3) is 0.250. The molecule has 0 bridgehead atoms. The SMILES string of the molecule is COc1ccc([C@H](C)NCc2ccnc(C#N)c2)cc1. The second-order valence-corrected chi connectivity index (χ2v) is 4.54. The summed E-state index contributed by atoms with van der Waals surface area (Å²) in [4.78, 5) is 3.96. The number of nitrogens with zero attached hydrogens (tertiary/aromatic N) is 2. The van der Waals surface area contributed by atoms with Crippen molar-refractivity contribution in [2.75, 3.05) is 7.11 Å². The van der Waals surface area contributed by atoms with Gasteiger partial charge in [-0.05, 0) is 42.3 Å². The summed E-state index contributed by atoms with van der Waals surface area (Å²) in [5, 5.41) is 12.2. The summed E-state index contributed by atoms with van der Waals surface area (Å²) in [6.07, 6.45) is 1.66. The van der Waals surface area contributed by atoms with Crippen LogP contribution in [0.1, 0.15) is 29.8 Å². The van der Waals surface area contributed by atoms with Crippen LogP contribution in [0.5, 0.6) is 5.75 Å². The van der Waals surface area contributed by atoms with Crippen molar-refractivity contribution in [1.29, 1.82) is 5.26 Å². The van der Waals surface area contributed by atoms with Gasteiger partial charge in [0.2, 0.25) is 0 Å². The molecule has 0 saturated heterocycles. The summed E-state index contributed by atoms with van der Waals surface area (Å²) in [6.45, 7) is 2.80. The van der Waals surface area contributed by atoms with E-state index in [4.69, 9.17) is 10.00 Å². The molecular weight excluding hydrogens is 250 g/mol. The number of aromatic nitrogens is 1. The molecule has 1 aromatic carbocycles. The first-order chi connectivity index (χ1) is 9.72. The number of nitriles is 1. The summed E-state index contributed by atoms with van der Waals surface area (Å²) < 4.78 is 5.15. The van der Waals surface area contributed by atoms with E-state index in [0.29, 0.717) is 12.2 Å². The minimum Gasteiger partial charge on any atom is -0.497 e. The molecule has 0 aliphatic carbocycles. The lowest BCUT2D eigenvalue weighted by Crippen LogP contribution is -2.18. The van der Waals surface area contributed by atoms with Crippen LogP contribution in [-0.4, -0.2) is 12.1 Å². The molecule has 0 saturated carbocycles. The van der Waals surface area contributed by atoms with E-state index in [1.165, 1.54) is 5.56 Å². The molecule has 0 aliphatic heterocycles. The van der Waals surface area contributed by atoms with Crippen LogP contribution in [0.2, 0.25) is 0 Å². The van der Waals surface area contributed by atoms with Crippen molar-refractivity contribution in [1.82, 2.24) is 10.3 Å². The van der Waals surface area contributed by atoms with E-state index in [0.717, 1.165) is 11.3 Å². The first kappa shape index (κ1) is 14.0. The second-order valence-electron chi connectivity index (χ2n) is 4.54. The number of rotatable bonds is 5. The standard InChI is InChI=1S/C16H17N3O/c1-12(14-3-5-16(20-2)6-4-14)19-11-13-7-8-18-15(9-13)10-17/h3-9,12,19H,11H2,1-2H3/t12-/m0/s1. The van der Waals surface area contributed by atoms with Gasteiger partial charge in [0.1, 0.15) is 17.5 Å². The number of hydrogen-bond donors (Lipinski definition) is 1. The summed E-state index contributed by atoms with van der Waals surface area (Å²) >= 11 is 0. The maximum absolute atomic E-state index is 8.82. The van der Waals surface area contributed by atoms with Crippen LogP contribution in [0.4, 0.5) is 0 Å². The molecule has 1 atom stereocenters. The molecule has 1 aromatic heterocycles. The smallest absolute Gasteiger partial charge is 0.140 e. The number of methoxy groups -OCH3 is 1. The topological polar surface area (TPSA) is 57.9 Å². The molecule has 1 N–H and O–H groups in total. The van der Waals surface area contributed by atoms with E-state index in [1.54, 1.807) is 19.4 Å². The summed E-state index contributed by atoms with van der Waals surface area (Å²) in [5.74, 6) is 0.855. The first-order valence-electron chi connectivity index (χ1n) is 6.45. The Kier molecular flexibility index (Phi) is 4.70. The fourth-order valence-electron chi connectivity index (χ4n) is 1.93. The number of ether oxygens (including phenoxy) is 1. The van der Waals surface area contributed by atoms with Gasteiger partial charge in [-0.15, -0.1) is 0 Å². The zero-order valence-electron chi connectivity index (χ0n) is 11.6. The number of benzene rings is 1. The molecule has 20 heavy (non-hydrogen) atoms. The zero-order valence-corrected chi connectivity index (χ0v) is 11.6. The molecule has 2 rings (SSSR count). The van der Waals surface area contributed by atoms with Gasteiger partial charge in [-0.2, -0.15) is 5.26 Å². The second kappa shape index (κ2) is 6.69. The highest BCUT2D eigenvalue weighted by molar-refractivity contribution is 5.29. The van der Waals surface area contributed by atoms with E-state index in [1.807, 2.05) is 36.4 Å². The van der Waals surface area contributed by atoms with E-state index in [9.17, 15) is 0 Å². The third kappa shape index (κ3) is 3.56. The van der Waals surface area contributed by atoms with Gasteiger partial charge in [-0.3, -0.25) is 0 Å². The first-order valence-corrected chi connectivity index (χ1v) is 6.45. The lowest BCUT2D eigenvalue weighted by Gasteiger charge is -2.14. The molecule has 4 heteroatoms. The quantitative estimate of drug-likeness (QED) is 0.905. The average Bonchev–Trinajstić information content (AvgIpc) is 2.53. The van der Waals surface area contributed by atoms with Gasteiger partial charge in [0.15, 0.2) is 0 Å². The van der Waals surface area contributed by atoms with E-state index < -0.39 is 0 Å². The van der Waals surface area contributed by atoms with Gasteiger partial charge in [0.25, 0.3) is 0 Å². The lowest BCUT2D eigenvalue weighted by atomic mass is 10.1. The van der Waals surface area contributed by atoms with Crippen LogP contribution in [0.3, 0.4) is 0 Å². The summed E-state index contributed by atoms with van der Waals surface area (Å²) in [7, 11) is 1.66. The van der Waals surface area contributed by atoms with E-state index in [-0.39, 0.29) is 6.04 Å². The van der Waals surface area contributed by atoms with Crippen molar-refractivity contribution < 1.29 is 4.74 Å². The minimum absolute atomic E-state index is 0.222. The lowest BCUT2D eigenvalue weighted by molar-refractivity contribution is 0.414. The molecule has 0 amide bonds. The Morgan fingerprint density at radius 1 is 1.30 bits per heavy atom. The maximum atomic E-state index is 8.82. The van der Waals surface area contributed by atoms with Crippen LogP contribution in [0, 0.1) is 11.3 Å². The fourth-order valence-corrected chi connectivity index (χ4v) is 1.93. The molecule has 0 aliphatic rings. The third-order valence-corrected chi connectivity index (χ3v) is 3.17. The number of pyridine rings is 1. The van der Waals surface area contributed by atoms with Gasteiger partial charge < -0.3 is 10.1 Å². The van der Waals surface area contributed by atoms with Crippen LogP contribution < -0.4 is 10.1 Å². The van der Waals surface area contributed by atoms with Gasteiger partial charge in [0.05, 0.1) is 7.11 Å². The molecule has 0 fully saturated rings. The highest BCUT2D eigenvalue weighted by atomic mass is 16.5. The summed E-state index contributed by atoms with van der Waals surface area (Å²) in [5.41, 5.74) is 2.69.